The van der Waals surface area contributed by atoms with Crippen LogP contribution in [0.4, 0.5) is 19.0 Å². The van der Waals surface area contributed by atoms with E-state index in [9.17, 15) is 18.3 Å². The molecule has 0 saturated heterocycles. The van der Waals surface area contributed by atoms with Gasteiger partial charge in [-0.05, 0) is 12.1 Å². The molecule has 0 spiro atoms. The quantitative estimate of drug-likeness (QED) is 0.549. The van der Waals surface area contributed by atoms with Gasteiger partial charge in [-0.2, -0.15) is 13.2 Å². The lowest BCUT2D eigenvalue weighted by atomic mass is 10.2. The van der Waals surface area contributed by atoms with Crippen LogP contribution in [-0.2, 0) is 6.18 Å². The lowest BCUT2D eigenvalue weighted by Crippen LogP contribution is -2.15. The fourth-order valence-corrected chi connectivity index (χ4v) is 2.28. The van der Waals surface area contributed by atoms with Crippen molar-refractivity contribution in [3.8, 4) is 5.95 Å². The van der Waals surface area contributed by atoms with Crippen molar-refractivity contribution < 1.29 is 27.7 Å². The Hall–Kier alpha value is -2.74. The summed E-state index contributed by atoms with van der Waals surface area (Å²) in [6.07, 6.45) is -2.44. The van der Waals surface area contributed by atoms with E-state index in [1.54, 1.807) is 24.3 Å². The predicted molar refractivity (Wildman–Crippen MR) is 82.1 cm³/mol. The molecule has 0 fully saturated rings. The SMILES string of the molecule is Oc1oc(/C=N/Nc2[nH+]cc(C(F)(F)F)cc2Cl)c2ccccc12. The molecular weight excluding hydrogens is 347 g/mol. The van der Waals surface area contributed by atoms with Crippen molar-refractivity contribution in [3.05, 3.63) is 52.9 Å². The molecule has 124 valence electrons. The molecule has 3 aromatic rings. The molecule has 0 saturated carbocycles. The summed E-state index contributed by atoms with van der Waals surface area (Å²) in [6.45, 7) is 0. The van der Waals surface area contributed by atoms with Crippen LogP contribution in [0.1, 0.15) is 11.3 Å². The third-order valence-corrected chi connectivity index (χ3v) is 3.51. The summed E-state index contributed by atoms with van der Waals surface area (Å²) >= 11 is 5.79. The predicted octanol–water partition coefficient (Wildman–Crippen LogP) is 4.07. The number of hydrazone groups is 1. The molecule has 2 heterocycles. The monoisotopic (exact) mass is 356 g/mol. The Morgan fingerprint density at radius 2 is 1.96 bits per heavy atom. The second kappa shape index (κ2) is 6.04. The molecule has 0 radical (unpaired) electrons. The zero-order valence-electron chi connectivity index (χ0n) is 11.9. The Bertz CT molecular complexity index is 922. The first-order valence-electron chi connectivity index (χ1n) is 6.64. The van der Waals surface area contributed by atoms with Gasteiger partial charge in [0.1, 0.15) is 17.4 Å². The van der Waals surface area contributed by atoms with E-state index >= 15 is 0 Å². The maximum absolute atomic E-state index is 12.6. The number of hydrogen-bond acceptors (Lipinski definition) is 4. The molecule has 0 aliphatic carbocycles. The van der Waals surface area contributed by atoms with Gasteiger partial charge in [-0.3, -0.25) is 0 Å². The normalized spacial score (nSPS) is 12.2. The smallest absolute Gasteiger partial charge is 0.419 e. The van der Waals surface area contributed by atoms with Gasteiger partial charge < -0.3 is 9.52 Å². The molecule has 0 aliphatic rings. The summed E-state index contributed by atoms with van der Waals surface area (Å²) in [5.74, 6) is 0.130. The Balaban J connectivity index is 1.81. The van der Waals surface area contributed by atoms with E-state index < -0.39 is 11.7 Å². The lowest BCUT2D eigenvalue weighted by molar-refractivity contribution is -0.364. The number of nitrogens with zero attached hydrogens (tertiary/aromatic N) is 1. The number of aromatic hydroxyl groups is 1. The van der Waals surface area contributed by atoms with E-state index in [0.29, 0.717) is 16.5 Å². The highest BCUT2D eigenvalue weighted by atomic mass is 35.5. The third kappa shape index (κ3) is 3.13. The average Bonchev–Trinajstić information content (AvgIpc) is 2.85. The van der Waals surface area contributed by atoms with E-state index in [4.69, 9.17) is 16.0 Å². The van der Waals surface area contributed by atoms with Crippen LogP contribution in [0.3, 0.4) is 0 Å². The summed E-state index contributed by atoms with van der Waals surface area (Å²) in [7, 11) is 0. The molecular formula is C15H10ClF3N3O2+. The maximum atomic E-state index is 12.6. The van der Waals surface area contributed by atoms with Gasteiger partial charge in [0.15, 0.2) is 5.76 Å². The number of alkyl halides is 3. The summed E-state index contributed by atoms with van der Waals surface area (Å²) in [6, 6.07) is 7.71. The van der Waals surface area contributed by atoms with Crippen LogP contribution in [0.2, 0.25) is 5.02 Å². The van der Waals surface area contributed by atoms with Gasteiger partial charge in [-0.1, -0.05) is 34.9 Å². The molecule has 0 amide bonds. The Morgan fingerprint density at radius 3 is 2.62 bits per heavy atom. The summed E-state index contributed by atoms with van der Waals surface area (Å²) in [4.78, 5) is 2.38. The summed E-state index contributed by atoms with van der Waals surface area (Å²) in [5.41, 5.74) is 1.59. The second-order valence-electron chi connectivity index (χ2n) is 4.80. The van der Waals surface area contributed by atoms with Gasteiger partial charge in [0.05, 0.1) is 10.9 Å². The largest absolute Gasteiger partial charge is 0.480 e. The van der Waals surface area contributed by atoms with E-state index in [0.717, 1.165) is 12.3 Å². The number of benzene rings is 1. The topological polar surface area (TPSA) is 71.9 Å². The van der Waals surface area contributed by atoms with Crippen molar-refractivity contribution in [2.45, 2.75) is 6.18 Å². The number of halogens is 4. The van der Waals surface area contributed by atoms with Gasteiger partial charge in [0.2, 0.25) is 0 Å². The number of H-pyrrole nitrogens is 1. The van der Waals surface area contributed by atoms with Crippen LogP contribution >= 0.6 is 11.6 Å². The van der Waals surface area contributed by atoms with Gasteiger partial charge in [0.25, 0.3) is 5.95 Å². The lowest BCUT2D eigenvalue weighted by Gasteiger charge is -2.05. The van der Waals surface area contributed by atoms with Crippen molar-refractivity contribution in [2.24, 2.45) is 5.10 Å². The van der Waals surface area contributed by atoms with Crippen molar-refractivity contribution >= 4 is 34.4 Å². The van der Waals surface area contributed by atoms with Crippen molar-refractivity contribution in [1.82, 2.24) is 0 Å². The number of hydrogen-bond donors (Lipinski definition) is 2. The highest BCUT2D eigenvalue weighted by Crippen LogP contribution is 2.31. The van der Waals surface area contributed by atoms with Crippen molar-refractivity contribution in [3.63, 3.8) is 0 Å². The zero-order chi connectivity index (χ0) is 17.3. The number of rotatable bonds is 3. The highest BCUT2D eigenvalue weighted by molar-refractivity contribution is 6.32. The number of pyridine rings is 1. The Kier molecular flexibility index (Phi) is 4.06. The summed E-state index contributed by atoms with van der Waals surface area (Å²) < 4.78 is 42.8. The van der Waals surface area contributed by atoms with Crippen molar-refractivity contribution in [1.29, 1.82) is 0 Å². The zero-order valence-corrected chi connectivity index (χ0v) is 12.6. The Labute approximate surface area is 138 Å². The minimum absolute atomic E-state index is 0.0843. The number of fused-ring (bicyclic) bond motifs is 1. The molecule has 3 rings (SSSR count). The molecule has 0 aliphatic heterocycles. The number of furan rings is 1. The molecule has 0 bridgehead atoms. The second-order valence-corrected chi connectivity index (χ2v) is 5.20. The van der Waals surface area contributed by atoms with Gasteiger partial charge in [0, 0.05) is 5.39 Å². The van der Waals surface area contributed by atoms with Crippen LogP contribution in [0.25, 0.3) is 10.8 Å². The first-order valence-corrected chi connectivity index (χ1v) is 7.02. The number of aromatic amines is 1. The van der Waals surface area contributed by atoms with E-state index in [-0.39, 0.29) is 16.8 Å². The molecule has 0 unspecified atom stereocenters. The minimum atomic E-state index is -4.49. The average molecular weight is 357 g/mol. The van der Waals surface area contributed by atoms with Crippen LogP contribution in [0.15, 0.2) is 46.0 Å². The molecule has 9 heteroatoms. The first-order chi connectivity index (χ1) is 11.4. The number of anilines is 1. The standard InChI is InChI=1S/C15H9ClF3N3O2/c16-11-5-8(15(17,18)19)6-20-13(11)22-21-7-12-9-3-1-2-4-10(9)14(23)24-12/h1-7,23H,(H,20,22)/p+1/b21-7+. The third-order valence-electron chi connectivity index (χ3n) is 3.21. The van der Waals surface area contributed by atoms with Crippen LogP contribution in [-0.4, -0.2) is 11.3 Å². The van der Waals surface area contributed by atoms with Crippen LogP contribution in [0.5, 0.6) is 5.95 Å². The maximum Gasteiger partial charge on any atom is 0.419 e. The molecule has 1 aromatic carbocycles. The van der Waals surface area contributed by atoms with Crippen LogP contribution in [0, 0.1) is 0 Å². The molecule has 3 N–H and O–H groups in total. The molecule has 5 nitrogen and oxygen atoms in total. The fourth-order valence-electron chi connectivity index (χ4n) is 2.07. The number of nitrogens with one attached hydrogen (secondary N) is 2. The Morgan fingerprint density at radius 1 is 1.25 bits per heavy atom. The highest BCUT2D eigenvalue weighted by Gasteiger charge is 2.32. The molecule has 24 heavy (non-hydrogen) atoms. The fraction of sp³-hybridized carbons (Fsp3) is 0.0667. The number of aromatic nitrogens is 1. The van der Waals surface area contributed by atoms with Gasteiger partial charge >= 0.3 is 12.0 Å². The van der Waals surface area contributed by atoms with Gasteiger partial charge in [-0.25, -0.2) is 4.98 Å². The molecule has 2 aromatic heterocycles. The summed E-state index contributed by atoms with van der Waals surface area (Å²) in [5, 5.41) is 14.5. The van der Waals surface area contributed by atoms with E-state index in [1.807, 2.05) is 0 Å². The van der Waals surface area contributed by atoms with Gasteiger partial charge in [-0.15, -0.1) is 5.43 Å². The first kappa shape index (κ1) is 16.1. The van der Waals surface area contributed by atoms with E-state index in [2.05, 4.69) is 15.5 Å². The molecule has 0 atom stereocenters. The van der Waals surface area contributed by atoms with E-state index in [1.165, 1.54) is 6.21 Å². The minimum Gasteiger partial charge on any atom is -0.480 e. The van der Waals surface area contributed by atoms with Crippen LogP contribution < -0.4 is 10.4 Å². The van der Waals surface area contributed by atoms with Crippen molar-refractivity contribution in [2.75, 3.05) is 5.43 Å².